The Morgan fingerprint density at radius 1 is 0.737 bits per heavy atom. The molecular formula is C18H36Si. The molecular weight excluding hydrogens is 244 g/mol. The maximum Gasteiger partial charge on any atom is 0.139 e. The molecule has 0 aromatic heterocycles. The molecule has 0 aliphatic rings. The van der Waals surface area contributed by atoms with Crippen molar-refractivity contribution in [1.82, 2.24) is 0 Å². The quantitative estimate of drug-likeness (QED) is 0.414. The molecule has 1 heteroatoms. The third-order valence-electron chi connectivity index (χ3n) is 3.10. The van der Waals surface area contributed by atoms with Crippen molar-refractivity contribution in [1.29, 1.82) is 0 Å². The molecule has 0 nitrogen and oxygen atoms in total. The van der Waals surface area contributed by atoms with Crippen molar-refractivity contribution in [3.63, 3.8) is 0 Å². The molecule has 0 saturated carbocycles. The summed E-state index contributed by atoms with van der Waals surface area (Å²) < 4.78 is 0. The summed E-state index contributed by atoms with van der Waals surface area (Å²) in [6.07, 6.45) is 0. The molecule has 0 radical (unpaired) electrons. The highest BCUT2D eigenvalue weighted by atomic mass is 28.3. The Bertz CT molecular complexity index is 280. The van der Waals surface area contributed by atoms with Crippen LogP contribution in [0.2, 0.25) is 18.1 Å². The first-order chi connectivity index (χ1) is 8.46. The highest BCUT2D eigenvalue weighted by Crippen LogP contribution is 2.32. The van der Waals surface area contributed by atoms with Crippen LogP contribution < -0.4 is 0 Å². The highest BCUT2D eigenvalue weighted by Gasteiger charge is 2.34. The molecule has 0 aromatic carbocycles. The van der Waals surface area contributed by atoms with Crippen molar-refractivity contribution in [3.05, 3.63) is 0 Å². The van der Waals surface area contributed by atoms with Gasteiger partial charge in [0.2, 0.25) is 0 Å². The second kappa shape index (κ2) is 7.53. The van der Waals surface area contributed by atoms with Gasteiger partial charge in [0.15, 0.2) is 0 Å². The number of hydrogen-bond donors (Lipinski definition) is 0. The maximum atomic E-state index is 3.86. The molecule has 0 amide bonds. The number of rotatable bonds is 6. The molecule has 0 atom stereocenters. The molecule has 19 heavy (non-hydrogen) atoms. The van der Waals surface area contributed by atoms with E-state index >= 15 is 0 Å². The van der Waals surface area contributed by atoms with Gasteiger partial charge >= 0.3 is 0 Å². The Kier molecular flexibility index (Phi) is 7.44. The van der Waals surface area contributed by atoms with Crippen molar-refractivity contribution in [2.75, 3.05) is 0 Å². The third-order valence-corrected chi connectivity index (χ3v) is 8.55. The van der Waals surface area contributed by atoms with Crippen LogP contribution in [0.3, 0.4) is 0 Å². The lowest BCUT2D eigenvalue weighted by atomic mass is 9.99. The van der Waals surface area contributed by atoms with Crippen molar-refractivity contribution >= 4 is 8.07 Å². The van der Waals surface area contributed by atoms with Crippen LogP contribution >= 0.6 is 0 Å². The Labute approximate surface area is 123 Å². The van der Waals surface area contributed by atoms with Gasteiger partial charge in [-0.05, 0) is 56.7 Å². The van der Waals surface area contributed by atoms with Crippen LogP contribution in [-0.2, 0) is 0 Å². The lowest BCUT2D eigenvalue weighted by Crippen LogP contribution is -2.37. The first-order valence-corrected chi connectivity index (χ1v) is 10.6. The lowest BCUT2D eigenvalue weighted by Gasteiger charge is -2.32. The maximum absolute atomic E-state index is 3.86. The minimum absolute atomic E-state index is 0.142. The Morgan fingerprint density at radius 3 is 1.26 bits per heavy atom. The summed E-state index contributed by atoms with van der Waals surface area (Å²) in [5.41, 5.74) is 4.00. The van der Waals surface area contributed by atoms with E-state index in [1.807, 2.05) is 0 Å². The van der Waals surface area contributed by atoms with Gasteiger partial charge < -0.3 is 0 Å². The highest BCUT2D eigenvalue weighted by molar-refractivity contribution is 6.87. The Morgan fingerprint density at radius 2 is 1.05 bits per heavy atom. The van der Waals surface area contributed by atoms with Gasteiger partial charge in [-0.1, -0.05) is 41.5 Å². The SMILES string of the molecule is CC(C)C[Si](C#CC(C)(C)C)(CC(C)C)CC(C)C. The molecule has 0 spiro atoms. The molecule has 0 bridgehead atoms. The van der Waals surface area contributed by atoms with E-state index in [9.17, 15) is 0 Å². The van der Waals surface area contributed by atoms with Gasteiger partial charge in [-0.25, -0.2) is 0 Å². The molecule has 0 unspecified atom stereocenters. The number of hydrogen-bond acceptors (Lipinski definition) is 0. The zero-order valence-corrected chi connectivity index (χ0v) is 15.9. The van der Waals surface area contributed by atoms with E-state index in [0.29, 0.717) is 0 Å². The molecule has 0 heterocycles. The first kappa shape index (κ1) is 18.8. The fourth-order valence-electron chi connectivity index (χ4n) is 3.07. The largest absolute Gasteiger partial charge is 0.139 e. The van der Waals surface area contributed by atoms with E-state index in [4.69, 9.17) is 0 Å². The topological polar surface area (TPSA) is 0 Å². The fourth-order valence-corrected chi connectivity index (χ4v) is 9.20. The summed E-state index contributed by atoms with van der Waals surface area (Å²) in [6, 6.07) is 4.10. The molecule has 0 aromatic rings. The van der Waals surface area contributed by atoms with E-state index < -0.39 is 8.07 Å². The molecule has 0 aliphatic carbocycles. The predicted octanol–water partition coefficient (Wildman–Crippen LogP) is 5.99. The van der Waals surface area contributed by atoms with Gasteiger partial charge in [0.1, 0.15) is 8.07 Å². The fraction of sp³-hybridized carbons (Fsp3) is 0.889. The summed E-state index contributed by atoms with van der Waals surface area (Å²) in [4.78, 5) is 0. The second-order valence-corrected chi connectivity index (χ2v) is 12.6. The van der Waals surface area contributed by atoms with E-state index in [0.717, 1.165) is 17.8 Å². The normalized spacial score (nSPS) is 13.1. The van der Waals surface area contributed by atoms with Gasteiger partial charge in [-0.2, -0.15) is 0 Å². The summed E-state index contributed by atoms with van der Waals surface area (Å²) in [7, 11) is -1.46. The third kappa shape index (κ3) is 9.33. The summed E-state index contributed by atoms with van der Waals surface area (Å²) >= 11 is 0. The van der Waals surface area contributed by atoms with Gasteiger partial charge in [0, 0.05) is 5.41 Å². The summed E-state index contributed by atoms with van der Waals surface area (Å²) in [5.74, 6) is 5.92. The minimum atomic E-state index is -1.46. The predicted molar refractivity (Wildman–Crippen MR) is 91.9 cm³/mol. The van der Waals surface area contributed by atoms with Crippen LogP contribution in [0.1, 0.15) is 62.3 Å². The lowest BCUT2D eigenvalue weighted by molar-refractivity contribution is 0.570. The van der Waals surface area contributed by atoms with Crippen molar-refractivity contribution in [3.8, 4) is 11.5 Å². The zero-order valence-electron chi connectivity index (χ0n) is 14.9. The zero-order chi connectivity index (χ0) is 15.3. The van der Waals surface area contributed by atoms with Gasteiger partial charge in [0.25, 0.3) is 0 Å². The van der Waals surface area contributed by atoms with E-state index in [2.05, 4.69) is 73.8 Å². The molecule has 0 N–H and O–H groups in total. The van der Waals surface area contributed by atoms with Crippen molar-refractivity contribution < 1.29 is 0 Å². The standard InChI is InChI=1S/C18H36Si/c1-15(2)12-19(13-16(3)4,14-17(5)6)11-10-18(7,8)9/h15-17H,12-14H2,1-9H3. The Hall–Kier alpha value is -0.223. The molecule has 0 saturated heterocycles. The van der Waals surface area contributed by atoms with Crippen LogP contribution in [-0.4, -0.2) is 8.07 Å². The summed E-state index contributed by atoms with van der Waals surface area (Å²) in [6.45, 7) is 20.9. The van der Waals surface area contributed by atoms with Gasteiger partial charge in [-0.15, -0.1) is 11.5 Å². The molecule has 0 rings (SSSR count). The first-order valence-electron chi connectivity index (χ1n) is 8.00. The monoisotopic (exact) mass is 280 g/mol. The van der Waals surface area contributed by atoms with Crippen LogP contribution in [0.25, 0.3) is 0 Å². The van der Waals surface area contributed by atoms with Gasteiger partial charge in [0.05, 0.1) is 0 Å². The van der Waals surface area contributed by atoms with Crippen molar-refractivity contribution in [2.24, 2.45) is 23.2 Å². The van der Waals surface area contributed by atoms with Crippen molar-refractivity contribution in [2.45, 2.75) is 80.4 Å². The minimum Gasteiger partial charge on any atom is -0.131 e. The smallest absolute Gasteiger partial charge is 0.131 e. The van der Waals surface area contributed by atoms with E-state index in [1.165, 1.54) is 18.1 Å². The van der Waals surface area contributed by atoms with Crippen LogP contribution in [0.15, 0.2) is 0 Å². The molecule has 0 aliphatic heterocycles. The van der Waals surface area contributed by atoms with Crippen LogP contribution in [0, 0.1) is 34.6 Å². The molecule has 0 fully saturated rings. The average molecular weight is 281 g/mol. The summed E-state index contributed by atoms with van der Waals surface area (Å²) in [5, 5.41) is 0. The van der Waals surface area contributed by atoms with Crippen LogP contribution in [0.5, 0.6) is 0 Å². The van der Waals surface area contributed by atoms with Gasteiger partial charge in [-0.3, -0.25) is 0 Å². The average Bonchev–Trinajstić information content (AvgIpc) is 2.09. The second-order valence-electron chi connectivity index (χ2n) is 8.57. The van der Waals surface area contributed by atoms with E-state index in [1.54, 1.807) is 0 Å². The Balaban J connectivity index is 5.38. The van der Waals surface area contributed by atoms with E-state index in [-0.39, 0.29) is 5.41 Å². The van der Waals surface area contributed by atoms with Crippen LogP contribution in [0.4, 0.5) is 0 Å². The molecule has 112 valence electrons.